The number of carbonyl (C=O) groups is 1. The van der Waals surface area contributed by atoms with Crippen molar-refractivity contribution in [2.24, 2.45) is 0 Å². The number of pyridine rings is 1. The number of likely N-dealkylation sites (tertiary alicyclic amines) is 1. The molecule has 1 saturated heterocycles. The van der Waals surface area contributed by atoms with Crippen molar-refractivity contribution < 1.29 is 24.5 Å². The summed E-state index contributed by atoms with van der Waals surface area (Å²) in [5, 5.41) is 22.6. The molecule has 2 atom stereocenters. The van der Waals surface area contributed by atoms with Gasteiger partial charge in [-0.05, 0) is 18.6 Å². The van der Waals surface area contributed by atoms with E-state index >= 15 is 0 Å². The third kappa shape index (κ3) is 4.37. The van der Waals surface area contributed by atoms with Crippen LogP contribution in [0.25, 0.3) is 22.2 Å². The molecule has 2 aromatic heterocycles. The molecule has 0 spiro atoms. The maximum atomic E-state index is 12.9. The normalized spacial score (nSPS) is 17.9. The second-order valence-corrected chi connectivity index (χ2v) is 7.93. The van der Waals surface area contributed by atoms with E-state index in [0.29, 0.717) is 40.1 Å². The number of aromatic amines is 1. The molecule has 3 heterocycles. The fourth-order valence-electron chi connectivity index (χ4n) is 3.91. The Kier molecular flexibility index (Phi) is 6.25. The van der Waals surface area contributed by atoms with Crippen molar-refractivity contribution in [1.82, 2.24) is 19.9 Å². The number of amides is 1. The number of fused-ring (bicyclic) bond motifs is 1. The van der Waals surface area contributed by atoms with Crippen molar-refractivity contribution in [3.05, 3.63) is 39.8 Å². The molecule has 174 valence electrons. The molecule has 12 heteroatoms. The third-order valence-corrected chi connectivity index (χ3v) is 5.95. The van der Waals surface area contributed by atoms with Crippen molar-refractivity contribution in [3.8, 4) is 22.6 Å². The number of carboxylic acid groups (broad SMARTS) is 1. The number of benzene rings is 1. The van der Waals surface area contributed by atoms with Gasteiger partial charge in [0.15, 0.2) is 0 Å². The number of H-pyrrole nitrogens is 1. The summed E-state index contributed by atoms with van der Waals surface area (Å²) in [5.41, 5.74) is 0.627. The van der Waals surface area contributed by atoms with E-state index in [-0.39, 0.29) is 30.2 Å². The van der Waals surface area contributed by atoms with Crippen LogP contribution >= 0.6 is 11.6 Å². The van der Waals surface area contributed by atoms with Crippen LogP contribution in [0.15, 0.2) is 29.2 Å². The maximum absolute atomic E-state index is 12.9. The molecule has 1 aliphatic heterocycles. The highest BCUT2D eigenvalue weighted by molar-refractivity contribution is 6.35. The van der Waals surface area contributed by atoms with Crippen LogP contribution in [0.5, 0.6) is 11.5 Å². The van der Waals surface area contributed by atoms with Crippen molar-refractivity contribution in [3.63, 3.8) is 0 Å². The highest BCUT2D eigenvalue weighted by atomic mass is 35.5. The standard InChI is InChI=1S/C21H22ClN5O6/c1-32-13-5-14(17(22)16(6-13)33-2)15-3-10-7-23-20(26-18(10)25-19(15)29)24-11-4-12(9-28)27(8-11)21(30)31/h3,5-7,11-12,28H,4,8-9H2,1-2H3,(H,30,31)(H2,23,24,25,26,29)/t11-,12-/m0/s1. The fraction of sp³-hybridized carbons (Fsp3) is 0.333. The highest BCUT2D eigenvalue weighted by Gasteiger charge is 2.35. The Labute approximate surface area is 192 Å². The van der Waals surface area contributed by atoms with Crippen LogP contribution in [0.4, 0.5) is 10.7 Å². The fourth-order valence-corrected chi connectivity index (χ4v) is 4.20. The van der Waals surface area contributed by atoms with E-state index in [2.05, 4.69) is 20.3 Å². The largest absolute Gasteiger partial charge is 0.497 e. The highest BCUT2D eigenvalue weighted by Crippen LogP contribution is 2.38. The third-order valence-electron chi connectivity index (χ3n) is 5.56. The molecule has 0 saturated carbocycles. The lowest BCUT2D eigenvalue weighted by Gasteiger charge is -2.18. The van der Waals surface area contributed by atoms with Crippen LogP contribution in [0.1, 0.15) is 6.42 Å². The zero-order valence-electron chi connectivity index (χ0n) is 17.8. The van der Waals surface area contributed by atoms with Gasteiger partial charge in [0.2, 0.25) is 5.95 Å². The van der Waals surface area contributed by atoms with Crippen molar-refractivity contribution in [2.45, 2.75) is 18.5 Å². The van der Waals surface area contributed by atoms with Gasteiger partial charge in [0, 0.05) is 41.4 Å². The quantitative estimate of drug-likeness (QED) is 0.420. The summed E-state index contributed by atoms with van der Waals surface area (Å²) in [7, 11) is 2.97. The maximum Gasteiger partial charge on any atom is 0.407 e. The van der Waals surface area contributed by atoms with Crippen LogP contribution in [-0.2, 0) is 0 Å². The Bertz CT molecular complexity index is 1270. The van der Waals surface area contributed by atoms with Gasteiger partial charge in [-0.25, -0.2) is 9.78 Å². The number of aromatic nitrogens is 3. The minimum absolute atomic E-state index is 0.188. The number of aliphatic hydroxyl groups is 1. The second kappa shape index (κ2) is 9.12. The SMILES string of the molecule is COc1cc(OC)c(Cl)c(-c2cc3cnc(N[C@H]4C[C@@H](CO)N(C(=O)O)C4)nc3[nH]c2=O)c1. The van der Waals surface area contributed by atoms with Crippen molar-refractivity contribution >= 4 is 34.7 Å². The van der Waals surface area contributed by atoms with E-state index in [4.69, 9.17) is 21.1 Å². The smallest absolute Gasteiger partial charge is 0.407 e. The monoisotopic (exact) mass is 475 g/mol. The number of rotatable bonds is 6. The number of anilines is 1. The summed E-state index contributed by atoms with van der Waals surface area (Å²) in [4.78, 5) is 36.8. The molecule has 3 aromatic rings. The molecular formula is C21H22ClN5O6. The van der Waals surface area contributed by atoms with E-state index in [9.17, 15) is 19.8 Å². The number of nitrogens with zero attached hydrogens (tertiary/aromatic N) is 3. The molecule has 0 radical (unpaired) electrons. The van der Waals surface area contributed by atoms with E-state index in [1.165, 1.54) is 19.1 Å². The summed E-state index contributed by atoms with van der Waals surface area (Å²) >= 11 is 6.44. The predicted molar refractivity (Wildman–Crippen MR) is 121 cm³/mol. The number of ether oxygens (including phenoxy) is 2. The average Bonchev–Trinajstić information content (AvgIpc) is 3.22. The van der Waals surface area contributed by atoms with Gasteiger partial charge in [-0.3, -0.25) is 4.79 Å². The molecule has 4 N–H and O–H groups in total. The molecule has 0 aliphatic carbocycles. The van der Waals surface area contributed by atoms with Crippen molar-refractivity contribution in [2.75, 3.05) is 32.7 Å². The molecular weight excluding hydrogens is 454 g/mol. The summed E-state index contributed by atoms with van der Waals surface area (Å²) in [6.45, 7) is -0.0790. The Hall–Kier alpha value is -3.57. The lowest BCUT2D eigenvalue weighted by atomic mass is 10.1. The first-order valence-electron chi connectivity index (χ1n) is 10.0. The molecule has 4 rings (SSSR count). The first-order chi connectivity index (χ1) is 15.8. The van der Waals surface area contributed by atoms with E-state index in [1.807, 2.05) is 0 Å². The van der Waals surface area contributed by atoms with E-state index in [0.717, 1.165) is 0 Å². The minimum Gasteiger partial charge on any atom is -0.497 e. The number of halogens is 1. The van der Waals surface area contributed by atoms with Crippen LogP contribution in [0.2, 0.25) is 5.02 Å². The van der Waals surface area contributed by atoms with Crippen LogP contribution < -0.4 is 20.3 Å². The molecule has 11 nitrogen and oxygen atoms in total. The van der Waals surface area contributed by atoms with Gasteiger partial charge in [-0.1, -0.05) is 11.6 Å². The lowest BCUT2D eigenvalue weighted by molar-refractivity contribution is 0.118. The number of nitrogens with one attached hydrogen (secondary N) is 2. The molecule has 33 heavy (non-hydrogen) atoms. The van der Waals surface area contributed by atoms with E-state index in [1.54, 1.807) is 24.4 Å². The Morgan fingerprint density at radius 2 is 2.09 bits per heavy atom. The van der Waals surface area contributed by atoms with Gasteiger partial charge in [-0.15, -0.1) is 0 Å². The zero-order chi connectivity index (χ0) is 23.7. The number of aliphatic hydroxyl groups excluding tert-OH is 1. The molecule has 1 aliphatic rings. The predicted octanol–water partition coefficient (Wildman–Crippen LogP) is 2.18. The number of hydrogen-bond donors (Lipinski definition) is 4. The van der Waals surface area contributed by atoms with Gasteiger partial charge in [0.05, 0.1) is 31.9 Å². The molecule has 0 unspecified atom stereocenters. The molecule has 1 fully saturated rings. The Balaban J connectivity index is 1.65. The number of hydrogen-bond acceptors (Lipinski definition) is 8. The minimum atomic E-state index is -1.09. The topological polar surface area (TPSA) is 150 Å². The second-order valence-electron chi connectivity index (χ2n) is 7.55. The summed E-state index contributed by atoms with van der Waals surface area (Å²) in [6.07, 6.45) is 0.862. The van der Waals surface area contributed by atoms with Crippen LogP contribution in [-0.4, -0.2) is 75.6 Å². The first kappa shape index (κ1) is 22.6. The molecule has 1 aromatic carbocycles. The van der Waals surface area contributed by atoms with Gasteiger partial charge in [0.25, 0.3) is 5.56 Å². The van der Waals surface area contributed by atoms with E-state index < -0.39 is 17.7 Å². The lowest BCUT2D eigenvalue weighted by Crippen LogP contribution is -2.37. The average molecular weight is 476 g/mol. The first-order valence-corrected chi connectivity index (χ1v) is 10.4. The Morgan fingerprint density at radius 1 is 1.30 bits per heavy atom. The number of methoxy groups -OCH3 is 2. The van der Waals surface area contributed by atoms with Crippen LogP contribution in [0.3, 0.4) is 0 Å². The summed E-state index contributed by atoms with van der Waals surface area (Å²) in [6, 6.07) is 4.13. The van der Waals surface area contributed by atoms with Gasteiger partial charge >= 0.3 is 6.09 Å². The zero-order valence-corrected chi connectivity index (χ0v) is 18.6. The summed E-state index contributed by atoms with van der Waals surface area (Å²) < 4.78 is 10.6. The van der Waals surface area contributed by atoms with Gasteiger partial charge in [-0.2, -0.15) is 4.98 Å². The Morgan fingerprint density at radius 3 is 2.73 bits per heavy atom. The molecule has 1 amide bonds. The molecule has 0 bridgehead atoms. The summed E-state index contributed by atoms with van der Waals surface area (Å²) in [5.74, 6) is 1.09. The van der Waals surface area contributed by atoms with Crippen molar-refractivity contribution in [1.29, 1.82) is 0 Å². The van der Waals surface area contributed by atoms with Crippen LogP contribution in [0, 0.1) is 0 Å². The van der Waals surface area contributed by atoms with Gasteiger partial charge < -0.3 is 34.9 Å². The van der Waals surface area contributed by atoms with Gasteiger partial charge in [0.1, 0.15) is 17.1 Å².